The molecule has 0 saturated carbocycles. The molecule has 0 aliphatic carbocycles. The van der Waals surface area contributed by atoms with Crippen molar-refractivity contribution in [2.24, 2.45) is 7.05 Å². The second-order valence-corrected chi connectivity index (χ2v) is 9.04. The van der Waals surface area contributed by atoms with Gasteiger partial charge in [0.25, 0.3) is 5.91 Å². The fourth-order valence-corrected chi connectivity index (χ4v) is 4.17. The standard InChI is InChI=1S/C29H25FN6O2/c1-18-11-27(37)26(17-36(18)15-19-3-7-23(30)8-4-19)29(38)34-24-9-5-20(6-10-24)25-12-21(13-32-28(25)31)22-14-33-35(2)16-22/h3-14,16-17H,15H2,1-2H3,(H2,31,32)(H,34,38). The van der Waals surface area contributed by atoms with Gasteiger partial charge in [-0.3, -0.25) is 14.3 Å². The lowest BCUT2D eigenvalue weighted by atomic mass is 10.0. The third kappa shape index (κ3) is 5.22. The zero-order valence-electron chi connectivity index (χ0n) is 20.9. The second-order valence-electron chi connectivity index (χ2n) is 9.04. The number of pyridine rings is 2. The van der Waals surface area contributed by atoms with E-state index < -0.39 is 5.91 Å². The minimum atomic E-state index is -0.518. The highest BCUT2D eigenvalue weighted by atomic mass is 19.1. The summed E-state index contributed by atoms with van der Waals surface area (Å²) >= 11 is 0. The van der Waals surface area contributed by atoms with E-state index in [-0.39, 0.29) is 16.8 Å². The smallest absolute Gasteiger partial charge is 0.261 e. The highest BCUT2D eigenvalue weighted by Gasteiger charge is 2.14. The molecule has 0 fully saturated rings. The number of nitrogens with two attached hydrogens (primary N) is 1. The predicted molar refractivity (Wildman–Crippen MR) is 145 cm³/mol. The van der Waals surface area contributed by atoms with E-state index in [1.807, 2.05) is 31.4 Å². The molecule has 5 rings (SSSR count). The van der Waals surface area contributed by atoms with Crippen LogP contribution < -0.4 is 16.5 Å². The molecule has 0 aliphatic rings. The van der Waals surface area contributed by atoms with Gasteiger partial charge in [0.2, 0.25) is 0 Å². The Hall–Kier alpha value is -5.05. The Morgan fingerprint density at radius 2 is 1.71 bits per heavy atom. The van der Waals surface area contributed by atoms with Crippen molar-refractivity contribution in [3.63, 3.8) is 0 Å². The zero-order valence-corrected chi connectivity index (χ0v) is 20.9. The van der Waals surface area contributed by atoms with Crippen LogP contribution in [0.5, 0.6) is 0 Å². The van der Waals surface area contributed by atoms with Gasteiger partial charge in [-0.15, -0.1) is 0 Å². The lowest BCUT2D eigenvalue weighted by Crippen LogP contribution is -2.24. The van der Waals surface area contributed by atoms with Crippen LogP contribution in [0.4, 0.5) is 15.9 Å². The molecule has 3 N–H and O–H groups in total. The van der Waals surface area contributed by atoms with Crippen molar-refractivity contribution < 1.29 is 9.18 Å². The van der Waals surface area contributed by atoms with E-state index >= 15 is 0 Å². The first-order chi connectivity index (χ1) is 18.3. The first-order valence-electron chi connectivity index (χ1n) is 11.9. The van der Waals surface area contributed by atoms with Gasteiger partial charge in [-0.2, -0.15) is 5.10 Å². The van der Waals surface area contributed by atoms with Crippen LogP contribution >= 0.6 is 0 Å². The molecule has 9 heteroatoms. The van der Waals surface area contributed by atoms with E-state index in [1.165, 1.54) is 24.4 Å². The van der Waals surface area contributed by atoms with Gasteiger partial charge >= 0.3 is 0 Å². The van der Waals surface area contributed by atoms with Crippen molar-refractivity contribution in [3.8, 4) is 22.3 Å². The number of hydrogen-bond acceptors (Lipinski definition) is 5. The molecule has 0 atom stereocenters. The van der Waals surface area contributed by atoms with Gasteiger partial charge in [-0.1, -0.05) is 24.3 Å². The fraction of sp³-hybridized carbons (Fsp3) is 0.103. The van der Waals surface area contributed by atoms with E-state index in [9.17, 15) is 14.0 Å². The van der Waals surface area contributed by atoms with Crippen LogP contribution in [0.15, 0.2) is 90.2 Å². The number of carbonyl (C=O) groups excluding carboxylic acids is 1. The Kier molecular flexibility index (Phi) is 6.57. The molecule has 3 heterocycles. The average Bonchev–Trinajstić information content (AvgIpc) is 3.34. The van der Waals surface area contributed by atoms with E-state index in [0.717, 1.165) is 27.8 Å². The number of nitrogens with zero attached hydrogens (tertiary/aromatic N) is 4. The summed E-state index contributed by atoms with van der Waals surface area (Å²) in [6.07, 6.45) is 6.89. The van der Waals surface area contributed by atoms with Crippen molar-refractivity contribution >= 4 is 17.4 Å². The van der Waals surface area contributed by atoms with Crippen molar-refractivity contribution in [1.29, 1.82) is 0 Å². The molecule has 0 bridgehead atoms. The lowest BCUT2D eigenvalue weighted by Gasteiger charge is -2.13. The zero-order chi connectivity index (χ0) is 26.8. The van der Waals surface area contributed by atoms with Crippen LogP contribution in [-0.4, -0.2) is 25.2 Å². The maximum atomic E-state index is 13.3. The number of rotatable bonds is 6. The molecule has 190 valence electrons. The minimum absolute atomic E-state index is 0.0133. The average molecular weight is 509 g/mol. The summed E-state index contributed by atoms with van der Waals surface area (Å²) in [6.45, 7) is 2.18. The summed E-state index contributed by atoms with van der Waals surface area (Å²) in [5, 5.41) is 6.99. The monoisotopic (exact) mass is 508 g/mol. The predicted octanol–water partition coefficient (Wildman–Crippen LogP) is 4.64. The van der Waals surface area contributed by atoms with Crippen LogP contribution in [-0.2, 0) is 13.6 Å². The molecule has 1 amide bonds. The summed E-state index contributed by atoms with van der Waals surface area (Å²) < 4.78 is 16.8. The number of anilines is 2. The molecule has 0 radical (unpaired) electrons. The highest BCUT2D eigenvalue weighted by Crippen LogP contribution is 2.30. The van der Waals surface area contributed by atoms with E-state index in [1.54, 1.807) is 52.8 Å². The van der Waals surface area contributed by atoms with Gasteiger partial charge in [0.05, 0.1) is 6.20 Å². The molecule has 3 aromatic heterocycles. The van der Waals surface area contributed by atoms with Crippen molar-refractivity contribution in [2.75, 3.05) is 11.1 Å². The summed E-state index contributed by atoms with van der Waals surface area (Å²) in [5.41, 5.74) is 11.2. The molecule has 2 aromatic carbocycles. The van der Waals surface area contributed by atoms with Crippen molar-refractivity contribution in [2.45, 2.75) is 13.5 Å². The highest BCUT2D eigenvalue weighted by molar-refractivity contribution is 6.04. The molecular formula is C29H25FN6O2. The summed E-state index contributed by atoms with van der Waals surface area (Å²) in [5.74, 6) is -0.456. The Balaban J connectivity index is 1.35. The molecule has 8 nitrogen and oxygen atoms in total. The maximum absolute atomic E-state index is 13.3. The number of aryl methyl sites for hydroxylation is 2. The fourth-order valence-electron chi connectivity index (χ4n) is 4.17. The number of aromatic nitrogens is 4. The van der Waals surface area contributed by atoms with Gasteiger partial charge in [0, 0.05) is 66.3 Å². The summed E-state index contributed by atoms with van der Waals surface area (Å²) in [6, 6.07) is 16.6. The third-order valence-electron chi connectivity index (χ3n) is 6.26. The number of carbonyl (C=O) groups is 1. The van der Waals surface area contributed by atoms with Gasteiger partial charge in [-0.25, -0.2) is 9.37 Å². The Morgan fingerprint density at radius 3 is 2.39 bits per heavy atom. The maximum Gasteiger partial charge on any atom is 0.261 e. The quantitative estimate of drug-likeness (QED) is 0.347. The minimum Gasteiger partial charge on any atom is -0.383 e. The summed E-state index contributed by atoms with van der Waals surface area (Å²) in [7, 11) is 1.85. The number of benzene rings is 2. The second kappa shape index (κ2) is 10.1. The summed E-state index contributed by atoms with van der Waals surface area (Å²) in [4.78, 5) is 29.9. The first-order valence-corrected chi connectivity index (χ1v) is 11.9. The lowest BCUT2D eigenvalue weighted by molar-refractivity contribution is 0.102. The van der Waals surface area contributed by atoms with Gasteiger partial charge in [0.15, 0.2) is 5.43 Å². The molecule has 0 unspecified atom stereocenters. The first kappa shape index (κ1) is 24.6. The Labute approximate surface area is 218 Å². The number of hydrogen-bond donors (Lipinski definition) is 2. The van der Waals surface area contributed by atoms with E-state index in [4.69, 9.17) is 5.73 Å². The SMILES string of the molecule is Cc1cc(=O)c(C(=O)Nc2ccc(-c3cc(-c4cnn(C)c4)cnc3N)cc2)cn1Cc1ccc(F)cc1. The molecule has 0 spiro atoms. The van der Waals surface area contributed by atoms with E-state index in [0.29, 0.717) is 23.7 Å². The molecule has 5 aromatic rings. The number of nitrogens with one attached hydrogen (secondary N) is 1. The van der Waals surface area contributed by atoms with Crippen molar-refractivity contribution in [3.05, 3.63) is 118 Å². The molecule has 0 aliphatic heterocycles. The van der Waals surface area contributed by atoms with Crippen molar-refractivity contribution in [1.82, 2.24) is 19.3 Å². The number of amides is 1. The topological polar surface area (TPSA) is 108 Å². The Bertz CT molecular complexity index is 1690. The molecule has 0 saturated heterocycles. The van der Waals surface area contributed by atoms with Crippen LogP contribution in [0.1, 0.15) is 21.6 Å². The largest absolute Gasteiger partial charge is 0.383 e. The van der Waals surface area contributed by atoms with Crippen LogP contribution in [0, 0.1) is 12.7 Å². The molecular weight excluding hydrogens is 483 g/mol. The normalized spacial score (nSPS) is 10.9. The van der Waals surface area contributed by atoms with Crippen LogP contribution in [0.25, 0.3) is 22.3 Å². The van der Waals surface area contributed by atoms with E-state index in [2.05, 4.69) is 15.4 Å². The number of halogens is 1. The Morgan fingerprint density at radius 1 is 0.974 bits per heavy atom. The van der Waals surface area contributed by atoms with Crippen LogP contribution in [0.3, 0.4) is 0 Å². The van der Waals surface area contributed by atoms with Gasteiger partial charge in [-0.05, 0) is 48.4 Å². The number of nitrogen functional groups attached to an aromatic ring is 1. The van der Waals surface area contributed by atoms with Crippen LogP contribution in [0.2, 0.25) is 0 Å². The third-order valence-corrected chi connectivity index (χ3v) is 6.26. The van der Waals surface area contributed by atoms with Gasteiger partial charge < -0.3 is 15.6 Å². The molecule has 38 heavy (non-hydrogen) atoms. The van der Waals surface area contributed by atoms with Gasteiger partial charge in [0.1, 0.15) is 17.2 Å².